The van der Waals surface area contributed by atoms with Crippen LogP contribution in [0.3, 0.4) is 0 Å². The molecule has 1 rings (SSSR count). The van der Waals surface area contributed by atoms with Gasteiger partial charge in [-0.15, -0.1) is 0 Å². The Morgan fingerprint density at radius 2 is 2.35 bits per heavy atom. The molecule has 1 heterocycles. The number of ether oxygens (including phenoxy) is 2. The van der Waals surface area contributed by atoms with E-state index in [1.807, 2.05) is 26.8 Å². The minimum Gasteiger partial charge on any atom is -0.462 e. The average molecular weight is 241 g/mol. The van der Waals surface area contributed by atoms with Crippen molar-refractivity contribution >= 4 is 5.97 Å². The first-order chi connectivity index (χ1) is 7.90. The van der Waals surface area contributed by atoms with E-state index in [1.54, 1.807) is 0 Å². The number of aliphatic hydroxyl groups excluding tert-OH is 1. The number of hydrogen-bond donors (Lipinski definition) is 1. The molecule has 3 atom stereocenters. The Labute approximate surface area is 101 Å². The lowest BCUT2D eigenvalue weighted by Crippen LogP contribution is -2.41. The summed E-state index contributed by atoms with van der Waals surface area (Å²) in [5, 5.41) is 18.7. The third-order valence-electron chi connectivity index (χ3n) is 3.25. The topological polar surface area (TPSA) is 79.5 Å². The van der Waals surface area contributed by atoms with E-state index < -0.39 is 24.3 Å². The maximum Gasteiger partial charge on any atom is 0.323 e. The molecule has 0 aromatic rings. The molecule has 3 unspecified atom stereocenters. The molecule has 0 bridgehead atoms. The lowest BCUT2D eigenvalue weighted by Gasteiger charge is -2.34. The number of esters is 1. The molecule has 0 amide bonds. The number of nitriles is 1. The Balaban J connectivity index is 2.54. The van der Waals surface area contributed by atoms with Gasteiger partial charge in [0.05, 0.1) is 12.2 Å². The smallest absolute Gasteiger partial charge is 0.323 e. The highest BCUT2D eigenvalue weighted by molar-refractivity contribution is 5.75. The van der Waals surface area contributed by atoms with Crippen LogP contribution in [0.2, 0.25) is 0 Å². The van der Waals surface area contributed by atoms with Gasteiger partial charge >= 0.3 is 5.97 Å². The molecule has 0 aliphatic carbocycles. The van der Waals surface area contributed by atoms with Gasteiger partial charge in [-0.3, -0.25) is 4.79 Å². The Bertz CT molecular complexity index is 321. The maximum absolute atomic E-state index is 11.1. The van der Waals surface area contributed by atoms with E-state index in [0.29, 0.717) is 0 Å². The molecule has 1 N–H and O–H groups in total. The second-order valence-electron chi connectivity index (χ2n) is 5.00. The van der Waals surface area contributed by atoms with Gasteiger partial charge in [-0.25, -0.2) is 0 Å². The molecule has 96 valence electrons. The lowest BCUT2D eigenvalue weighted by molar-refractivity contribution is -0.215. The second kappa shape index (κ2) is 5.48. The van der Waals surface area contributed by atoms with E-state index in [9.17, 15) is 9.90 Å². The monoisotopic (exact) mass is 241 g/mol. The predicted molar refractivity (Wildman–Crippen MR) is 59.6 cm³/mol. The van der Waals surface area contributed by atoms with E-state index in [4.69, 9.17) is 14.7 Å². The molecule has 0 aromatic heterocycles. The highest BCUT2D eigenvalue weighted by atomic mass is 16.6. The number of carbonyl (C=O) groups excluding carboxylic acids is 1. The molecular formula is C12H19NO4. The van der Waals surface area contributed by atoms with Crippen LogP contribution in [-0.4, -0.2) is 30.1 Å². The van der Waals surface area contributed by atoms with E-state index >= 15 is 0 Å². The van der Waals surface area contributed by atoms with Crippen LogP contribution in [-0.2, 0) is 14.3 Å². The summed E-state index contributed by atoms with van der Waals surface area (Å²) >= 11 is 0. The first-order valence-electron chi connectivity index (χ1n) is 5.80. The Kier molecular flexibility index (Phi) is 4.49. The van der Waals surface area contributed by atoms with Gasteiger partial charge in [0.15, 0.2) is 6.29 Å². The summed E-state index contributed by atoms with van der Waals surface area (Å²) in [7, 11) is 0. The van der Waals surface area contributed by atoms with Crippen LogP contribution in [0.5, 0.6) is 0 Å². The number of cyclic esters (lactones) is 1. The van der Waals surface area contributed by atoms with Gasteiger partial charge in [-0.2, -0.15) is 5.26 Å². The van der Waals surface area contributed by atoms with Crippen molar-refractivity contribution in [1.29, 1.82) is 5.26 Å². The average Bonchev–Trinajstić information content (AvgIpc) is 2.31. The first kappa shape index (κ1) is 13.9. The lowest BCUT2D eigenvalue weighted by atomic mass is 9.89. The Morgan fingerprint density at radius 1 is 1.71 bits per heavy atom. The molecule has 0 aromatic carbocycles. The van der Waals surface area contributed by atoms with Gasteiger partial charge in [0.25, 0.3) is 0 Å². The molecule has 1 aliphatic heterocycles. The molecule has 1 saturated heterocycles. The Hall–Kier alpha value is -1.12. The zero-order chi connectivity index (χ0) is 13.1. The quantitative estimate of drug-likeness (QED) is 0.591. The van der Waals surface area contributed by atoms with Crippen molar-refractivity contribution in [2.45, 2.75) is 46.0 Å². The summed E-state index contributed by atoms with van der Waals surface area (Å²) in [4.78, 5) is 11.1. The van der Waals surface area contributed by atoms with Crippen LogP contribution in [0, 0.1) is 22.7 Å². The van der Waals surface area contributed by atoms with Gasteiger partial charge in [-0.05, 0) is 6.42 Å². The van der Waals surface area contributed by atoms with Gasteiger partial charge in [0, 0.05) is 11.8 Å². The van der Waals surface area contributed by atoms with Crippen LogP contribution in [0.25, 0.3) is 0 Å². The summed E-state index contributed by atoms with van der Waals surface area (Å²) in [6.07, 6.45) is -0.277. The predicted octanol–water partition coefficient (Wildman–Crippen LogP) is 1.21. The van der Waals surface area contributed by atoms with Crippen LogP contribution >= 0.6 is 0 Å². The SMILES string of the molecule is CCC(C)(C)C(O)OC1COC(=O)C(C#N)C1. The number of aliphatic hydroxyl groups is 1. The standard InChI is InChI=1S/C12H19NO4/c1-4-12(2,3)11(15)17-9-5-8(6-13)10(14)16-7-9/h8-9,11,15H,4-5,7H2,1-3H3. The highest BCUT2D eigenvalue weighted by Gasteiger charge is 2.35. The fraction of sp³-hybridized carbons (Fsp3) is 0.833. The van der Waals surface area contributed by atoms with Gasteiger partial charge in [0.1, 0.15) is 12.5 Å². The summed E-state index contributed by atoms with van der Waals surface area (Å²) in [6, 6.07) is 1.87. The summed E-state index contributed by atoms with van der Waals surface area (Å²) < 4.78 is 10.3. The third-order valence-corrected chi connectivity index (χ3v) is 3.25. The Morgan fingerprint density at radius 3 is 2.88 bits per heavy atom. The van der Waals surface area contributed by atoms with Crippen LogP contribution < -0.4 is 0 Å². The fourth-order valence-corrected chi connectivity index (χ4v) is 1.44. The maximum atomic E-state index is 11.1. The zero-order valence-electron chi connectivity index (χ0n) is 10.5. The van der Waals surface area contributed by atoms with Crippen molar-refractivity contribution in [3.8, 4) is 6.07 Å². The second-order valence-corrected chi connectivity index (χ2v) is 5.00. The van der Waals surface area contributed by atoms with Gasteiger partial charge in [-0.1, -0.05) is 20.8 Å². The highest BCUT2D eigenvalue weighted by Crippen LogP contribution is 2.28. The van der Waals surface area contributed by atoms with Crippen LogP contribution in [0.4, 0.5) is 0 Å². The summed E-state index contributed by atoms with van der Waals surface area (Å²) in [5.74, 6) is -1.29. The van der Waals surface area contributed by atoms with E-state index in [2.05, 4.69) is 0 Å². The molecular weight excluding hydrogens is 222 g/mol. The minimum absolute atomic E-state index is 0.105. The zero-order valence-corrected chi connectivity index (χ0v) is 10.5. The van der Waals surface area contributed by atoms with Crippen LogP contribution in [0.15, 0.2) is 0 Å². The van der Waals surface area contributed by atoms with Crippen molar-refractivity contribution in [3.63, 3.8) is 0 Å². The largest absolute Gasteiger partial charge is 0.462 e. The molecule has 5 nitrogen and oxygen atoms in total. The molecule has 17 heavy (non-hydrogen) atoms. The number of rotatable bonds is 4. The third kappa shape index (κ3) is 3.42. The van der Waals surface area contributed by atoms with Crippen molar-refractivity contribution in [2.24, 2.45) is 11.3 Å². The van der Waals surface area contributed by atoms with E-state index in [-0.39, 0.29) is 18.4 Å². The van der Waals surface area contributed by atoms with Crippen molar-refractivity contribution in [1.82, 2.24) is 0 Å². The van der Waals surface area contributed by atoms with Gasteiger partial charge in [0.2, 0.25) is 0 Å². The molecule has 1 fully saturated rings. The molecule has 5 heteroatoms. The van der Waals surface area contributed by atoms with Crippen molar-refractivity contribution in [3.05, 3.63) is 0 Å². The first-order valence-corrected chi connectivity index (χ1v) is 5.80. The molecule has 1 aliphatic rings. The summed E-state index contributed by atoms with van der Waals surface area (Å²) in [5.41, 5.74) is -0.358. The number of hydrogen-bond acceptors (Lipinski definition) is 5. The van der Waals surface area contributed by atoms with E-state index in [0.717, 1.165) is 6.42 Å². The normalized spacial score (nSPS) is 27.1. The summed E-state index contributed by atoms with van der Waals surface area (Å²) in [6.45, 7) is 5.86. The van der Waals surface area contributed by atoms with Crippen molar-refractivity contribution in [2.75, 3.05) is 6.61 Å². The van der Waals surface area contributed by atoms with Gasteiger partial charge < -0.3 is 14.6 Å². The fourth-order valence-electron chi connectivity index (χ4n) is 1.44. The minimum atomic E-state index is -0.923. The van der Waals surface area contributed by atoms with Crippen molar-refractivity contribution < 1.29 is 19.4 Å². The number of carbonyl (C=O) groups is 1. The molecule has 0 radical (unpaired) electrons. The molecule has 0 spiro atoms. The number of nitrogens with zero attached hydrogens (tertiary/aromatic N) is 1. The molecule has 0 saturated carbocycles. The van der Waals surface area contributed by atoms with Crippen LogP contribution in [0.1, 0.15) is 33.6 Å². The van der Waals surface area contributed by atoms with E-state index in [1.165, 1.54) is 0 Å².